The third kappa shape index (κ3) is 15.6. The minimum Gasteiger partial charge on any atom is -0.391 e. The standard InChI is InChI=1S/C18H37NO2/c1-4-5-6-7-8-9-10-11-12-13-18(21)19-15-17(20)14-16(2)3/h16-17,20H,4-15H2,1-3H3,(H,19,21). The minimum atomic E-state index is -0.405. The van der Waals surface area contributed by atoms with Gasteiger partial charge in [0.25, 0.3) is 0 Å². The first kappa shape index (κ1) is 20.4. The second-order valence-corrected chi connectivity index (χ2v) is 6.67. The Balaban J connectivity index is 3.30. The normalized spacial score (nSPS) is 12.6. The highest BCUT2D eigenvalue weighted by atomic mass is 16.3. The van der Waals surface area contributed by atoms with Crippen LogP contribution in [0.2, 0.25) is 0 Å². The molecule has 0 spiro atoms. The first-order valence-corrected chi connectivity index (χ1v) is 9.01. The molecule has 0 heterocycles. The van der Waals surface area contributed by atoms with Crippen molar-refractivity contribution in [2.45, 2.75) is 97.5 Å². The first-order chi connectivity index (χ1) is 10.1. The van der Waals surface area contributed by atoms with Crippen molar-refractivity contribution in [1.82, 2.24) is 5.32 Å². The van der Waals surface area contributed by atoms with Gasteiger partial charge in [-0.2, -0.15) is 0 Å². The number of rotatable bonds is 14. The zero-order chi connectivity index (χ0) is 15.9. The van der Waals surface area contributed by atoms with E-state index in [1.807, 2.05) is 0 Å². The van der Waals surface area contributed by atoms with Gasteiger partial charge in [-0.15, -0.1) is 0 Å². The highest BCUT2D eigenvalue weighted by Gasteiger charge is 2.08. The molecule has 21 heavy (non-hydrogen) atoms. The molecular formula is C18H37NO2. The first-order valence-electron chi connectivity index (χ1n) is 9.01. The van der Waals surface area contributed by atoms with Crippen LogP contribution < -0.4 is 5.32 Å². The molecule has 1 atom stereocenters. The molecule has 1 unspecified atom stereocenters. The highest BCUT2D eigenvalue weighted by Crippen LogP contribution is 2.10. The van der Waals surface area contributed by atoms with Gasteiger partial charge in [-0.1, -0.05) is 72.1 Å². The summed E-state index contributed by atoms with van der Waals surface area (Å²) in [5.74, 6) is 0.551. The van der Waals surface area contributed by atoms with E-state index in [0.29, 0.717) is 18.9 Å². The molecule has 1 amide bonds. The predicted molar refractivity (Wildman–Crippen MR) is 90.3 cm³/mol. The Kier molecular flexibility index (Phi) is 14.0. The van der Waals surface area contributed by atoms with E-state index in [2.05, 4.69) is 26.1 Å². The van der Waals surface area contributed by atoms with Gasteiger partial charge in [0.2, 0.25) is 5.91 Å². The summed E-state index contributed by atoms with van der Waals surface area (Å²) in [5.41, 5.74) is 0. The van der Waals surface area contributed by atoms with Gasteiger partial charge in [0.1, 0.15) is 0 Å². The Bertz CT molecular complexity index is 241. The van der Waals surface area contributed by atoms with E-state index in [4.69, 9.17) is 0 Å². The van der Waals surface area contributed by atoms with Crippen LogP contribution in [-0.4, -0.2) is 23.7 Å². The molecule has 126 valence electrons. The molecule has 0 aromatic carbocycles. The number of aliphatic hydroxyl groups excluding tert-OH is 1. The van der Waals surface area contributed by atoms with Gasteiger partial charge in [0.05, 0.1) is 6.10 Å². The van der Waals surface area contributed by atoms with E-state index < -0.39 is 6.10 Å². The number of carbonyl (C=O) groups is 1. The van der Waals surface area contributed by atoms with Crippen molar-refractivity contribution in [2.24, 2.45) is 5.92 Å². The number of carbonyl (C=O) groups excluding carboxylic acids is 1. The van der Waals surface area contributed by atoms with Crippen LogP contribution in [0, 0.1) is 5.92 Å². The second kappa shape index (κ2) is 14.4. The summed E-state index contributed by atoms with van der Waals surface area (Å²) in [4.78, 5) is 11.6. The van der Waals surface area contributed by atoms with Crippen molar-refractivity contribution in [3.63, 3.8) is 0 Å². The lowest BCUT2D eigenvalue weighted by Crippen LogP contribution is -2.32. The maximum Gasteiger partial charge on any atom is 0.220 e. The van der Waals surface area contributed by atoms with Crippen molar-refractivity contribution in [3.05, 3.63) is 0 Å². The maximum atomic E-state index is 11.6. The number of nitrogens with one attached hydrogen (secondary N) is 1. The maximum absolute atomic E-state index is 11.6. The third-order valence-electron chi connectivity index (χ3n) is 3.79. The topological polar surface area (TPSA) is 49.3 Å². The van der Waals surface area contributed by atoms with Crippen LogP contribution >= 0.6 is 0 Å². The molecule has 0 saturated carbocycles. The Hall–Kier alpha value is -0.570. The van der Waals surface area contributed by atoms with Crippen LogP contribution in [0.1, 0.15) is 91.4 Å². The molecule has 0 aliphatic rings. The highest BCUT2D eigenvalue weighted by molar-refractivity contribution is 5.75. The average Bonchev–Trinajstić information content (AvgIpc) is 2.42. The number of aliphatic hydroxyl groups is 1. The van der Waals surface area contributed by atoms with Crippen LogP contribution in [0.25, 0.3) is 0 Å². The van der Waals surface area contributed by atoms with Crippen LogP contribution in [0.4, 0.5) is 0 Å². The van der Waals surface area contributed by atoms with Gasteiger partial charge in [-0.25, -0.2) is 0 Å². The van der Waals surface area contributed by atoms with E-state index in [0.717, 1.165) is 19.3 Å². The van der Waals surface area contributed by atoms with Crippen LogP contribution in [-0.2, 0) is 4.79 Å². The van der Waals surface area contributed by atoms with E-state index in [9.17, 15) is 9.90 Å². The van der Waals surface area contributed by atoms with Crippen molar-refractivity contribution < 1.29 is 9.90 Å². The van der Waals surface area contributed by atoms with Gasteiger partial charge >= 0.3 is 0 Å². The van der Waals surface area contributed by atoms with Crippen molar-refractivity contribution in [1.29, 1.82) is 0 Å². The van der Waals surface area contributed by atoms with Gasteiger partial charge < -0.3 is 10.4 Å². The quantitative estimate of drug-likeness (QED) is 0.466. The molecular weight excluding hydrogens is 262 g/mol. The molecule has 0 radical (unpaired) electrons. The minimum absolute atomic E-state index is 0.0840. The fourth-order valence-corrected chi connectivity index (χ4v) is 2.54. The number of amides is 1. The van der Waals surface area contributed by atoms with Crippen molar-refractivity contribution in [2.75, 3.05) is 6.54 Å². The fraction of sp³-hybridized carbons (Fsp3) is 0.944. The summed E-state index contributed by atoms with van der Waals surface area (Å²) < 4.78 is 0. The fourth-order valence-electron chi connectivity index (χ4n) is 2.54. The zero-order valence-electron chi connectivity index (χ0n) is 14.5. The lowest BCUT2D eigenvalue weighted by molar-refractivity contribution is -0.121. The molecule has 0 aromatic heterocycles. The molecule has 0 saturated heterocycles. The largest absolute Gasteiger partial charge is 0.391 e. The third-order valence-corrected chi connectivity index (χ3v) is 3.79. The summed E-state index contributed by atoms with van der Waals surface area (Å²) in [5, 5.41) is 12.5. The van der Waals surface area contributed by atoms with E-state index in [1.165, 1.54) is 44.9 Å². The van der Waals surface area contributed by atoms with Crippen molar-refractivity contribution in [3.8, 4) is 0 Å². The molecule has 0 aliphatic heterocycles. The number of hydrogen-bond acceptors (Lipinski definition) is 2. The Morgan fingerprint density at radius 1 is 0.952 bits per heavy atom. The number of hydrogen-bond donors (Lipinski definition) is 2. The molecule has 0 aromatic rings. The Morgan fingerprint density at radius 2 is 1.48 bits per heavy atom. The van der Waals surface area contributed by atoms with Crippen LogP contribution in [0.15, 0.2) is 0 Å². The molecule has 0 aliphatic carbocycles. The van der Waals surface area contributed by atoms with Crippen LogP contribution in [0.5, 0.6) is 0 Å². The molecule has 3 heteroatoms. The zero-order valence-corrected chi connectivity index (χ0v) is 14.5. The molecule has 0 fully saturated rings. The average molecular weight is 299 g/mol. The smallest absolute Gasteiger partial charge is 0.220 e. The molecule has 0 rings (SSSR count). The molecule has 3 nitrogen and oxygen atoms in total. The SMILES string of the molecule is CCCCCCCCCCCC(=O)NCC(O)CC(C)C. The summed E-state index contributed by atoms with van der Waals surface area (Å²) >= 11 is 0. The van der Waals surface area contributed by atoms with E-state index in [-0.39, 0.29) is 5.91 Å². The van der Waals surface area contributed by atoms with Gasteiger partial charge in [0, 0.05) is 13.0 Å². The van der Waals surface area contributed by atoms with E-state index in [1.54, 1.807) is 0 Å². The van der Waals surface area contributed by atoms with Crippen molar-refractivity contribution >= 4 is 5.91 Å². The number of unbranched alkanes of at least 4 members (excludes halogenated alkanes) is 8. The van der Waals surface area contributed by atoms with Gasteiger partial charge in [-0.05, 0) is 18.8 Å². The Labute approximate surface area is 131 Å². The summed E-state index contributed by atoms with van der Waals surface area (Å²) in [6.45, 7) is 6.79. The monoisotopic (exact) mass is 299 g/mol. The Morgan fingerprint density at radius 3 is 2.00 bits per heavy atom. The predicted octanol–water partition coefficient (Wildman–Crippen LogP) is 4.43. The second-order valence-electron chi connectivity index (χ2n) is 6.67. The lowest BCUT2D eigenvalue weighted by Gasteiger charge is -2.13. The molecule has 2 N–H and O–H groups in total. The van der Waals surface area contributed by atoms with Gasteiger partial charge in [-0.3, -0.25) is 4.79 Å². The van der Waals surface area contributed by atoms with Crippen LogP contribution in [0.3, 0.4) is 0 Å². The lowest BCUT2D eigenvalue weighted by atomic mass is 10.1. The molecule has 0 bridgehead atoms. The van der Waals surface area contributed by atoms with Gasteiger partial charge in [0.15, 0.2) is 0 Å². The van der Waals surface area contributed by atoms with E-state index >= 15 is 0 Å². The summed E-state index contributed by atoms with van der Waals surface area (Å²) in [6.07, 6.45) is 12.4. The summed E-state index contributed by atoms with van der Waals surface area (Å²) in [7, 11) is 0. The summed E-state index contributed by atoms with van der Waals surface area (Å²) in [6, 6.07) is 0.